The minimum absolute atomic E-state index is 0.138. The average molecular weight is 365 g/mol. The number of hydrogen-bond acceptors (Lipinski definition) is 4. The Labute approximate surface area is 156 Å². The molecule has 3 rings (SSSR count). The van der Waals surface area contributed by atoms with Gasteiger partial charge in [0.25, 0.3) is 5.91 Å². The van der Waals surface area contributed by atoms with E-state index in [9.17, 15) is 9.59 Å². The molecule has 0 atom stereocenters. The minimum Gasteiger partial charge on any atom is -0.326 e. The first kappa shape index (κ1) is 17.8. The molecule has 3 aromatic rings. The zero-order chi connectivity index (χ0) is 18.4. The van der Waals surface area contributed by atoms with Gasteiger partial charge in [-0.25, -0.2) is 4.98 Å². The van der Waals surface area contributed by atoms with Gasteiger partial charge in [0.05, 0.1) is 12.1 Å². The first-order valence-corrected chi connectivity index (χ1v) is 9.21. The van der Waals surface area contributed by atoms with Gasteiger partial charge in [-0.1, -0.05) is 37.3 Å². The number of aromatic nitrogens is 1. The van der Waals surface area contributed by atoms with Crippen molar-refractivity contribution in [3.63, 3.8) is 0 Å². The molecule has 6 heteroatoms. The highest BCUT2D eigenvalue weighted by Gasteiger charge is 2.11. The van der Waals surface area contributed by atoms with Crippen molar-refractivity contribution >= 4 is 34.0 Å². The van der Waals surface area contributed by atoms with Crippen LogP contribution in [0, 0.1) is 0 Å². The zero-order valence-corrected chi connectivity index (χ0v) is 15.2. The Morgan fingerprint density at radius 3 is 2.42 bits per heavy atom. The maximum absolute atomic E-state index is 12.2. The number of carbonyl (C=O) groups excluding carboxylic acids is 2. The van der Waals surface area contributed by atoms with E-state index in [0.29, 0.717) is 16.4 Å². The maximum Gasteiger partial charge on any atom is 0.257 e. The molecule has 5 nitrogen and oxygen atoms in total. The first-order chi connectivity index (χ1) is 12.6. The molecule has 2 amide bonds. The summed E-state index contributed by atoms with van der Waals surface area (Å²) in [6.07, 6.45) is 1.12. The molecule has 0 bridgehead atoms. The molecule has 0 aliphatic rings. The standard InChI is InChI=1S/C20H19N3O2S/c1-2-14-8-10-16(11-9-14)21-18(24)12-17-13-26-20(22-17)23-19(25)15-6-4-3-5-7-15/h3-11,13H,2,12H2,1H3,(H,21,24)(H,22,23,25). The van der Waals surface area contributed by atoms with Gasteiger partial charge < -0.3 is 5.32 Å². The highest BCUT2D eigenvalue weighted by Crippen LogP contribution is 2.18. The van der Waals surface area contributed by atoms with Gasteiger partial charge in [-0.15, -0.1) is 11.3 Å². The Kier molecular flexibility index (Phi) is 5.76. The van der Waals surface area contributed by atoms with Crippen molar-refractivity contribution in [2.24, 2.45) is 0 Å². The number of thiazole rings is 1. The third-order valence-corrected chi connectivity index (χ3v) is 4.60. The van der Waals surface area contributed by atoms with Crippen molar-refractivity contribution in [2.45, 2.75) is 19.8 Å². The van der Waals surface area contributed by atoms with Crippen LogP contribution in [0.4, 0.5) is 10.8 Å². The summed E-state index contributed by atoms with van der Waals surface area (Å²) >= 11 is 1.30. The topological polar surface area (TPSA) is 71.1 Å². The third-order valence-electron chi connectivity index (χ3n) is 3.80. The normalized spacial score (nSPS) is 10.3. The summed E-state index contributed by atoms with van der Waals surface area (Å²) in [6.45, 7) is 2.09. The Morgan fingerprint density at radius 2 is 1.73 bits per heavy atom. The van der Waals surface area contributed by atoms with E-state index in [1.165, 1.54) is 16.9 Å². The van der Waals surface area contributed by atoms with E-state index in [0.717, 1.165) is 12.1 Å². The molecule has 0 saturated heterocycles. The van der Waals surface area contributed by atoms with E-state index in [1.807, 2.05) is 30.3 Å². The van der Waals surface area contributed by atoms with Gasteiger partial charge >= 0.3 is 0 Å². The van der Waals surface area contributed by atoms with E-state index < -0.39 is 0 Å². The molecule has 0 aliphatic heterocycles. The number of benzene rings is 2. The van der Waals surface area contributed by atoms with Crippen molar-refractivity contribution in [1.29, 1.82) is 0 Å². The largest absolute Gasteiger partial charge is 0.326 e. The second-order valence-electron chi connectivity index (χ2n) is 5.74. The van der Waals surface area contributed by atoms with Crippen LogP contribution in [0.5, 0.6) is 0 Å². The monoisotopic (exact) mass is 365 g/mol. The third kappa shape index (κ3) is 4.77. The lowest BCUT2D eigenvalue weighted by Gasteiger charge is -2.05. The maximum atomic E-state index is 12.2. The van der Waals surface area contributed by atoms with Gasteiger partial charge in [0.2, 0.25) is 5.91 Å². The summed E-state index contributed by atoms with van der Waals surface area (Å²) in [7, 11) is 0. The fourth-order valence-corrected chi connectivity index (χ4v) is 3.10. The molecule has 0 fully saturated rings. The van der Waals surface area contributed by atoms with E-state index in [4.69, 9.17) is 0 Å². The van der Waals surface area contributed by atoms with Crippen molar-refractivity contribution < 1.29 is 9.59 Å². The van der Waals surface area contributed by atoms with Gasteiger partial charge in [-0.2, -0.15) is 0 Å². The molecule has 0 radical (unpaired) electrons. The highest BCUT2D eigenvalue weighted by atomic mass is 32.1. The zero-order valence-electron chi connectivity index (χ0n) is 14.4. The molecule has 26 heavy (non-hydrogen) atoms. The SMILES string of the molecule is CCc1ccc(NC(=O)Cc2csc(NC(=O)c3ccccc3)n2)cc1. The number of rotatable bonds is 6. The van der Waals surface area contributed by atoms with Crippen LogP contribution in [0.15, 0.2) is 60.0 Å². The minimum atomic E-state index is -0.216. The van der Waals surface area contributed by atoms with Crippen molar-refractivity contribution in [3.05, 3.63) is 76.8 Å². The van der Waals surface area contributed by atoms with E-state index in [2.05, 4.69) is 22.5 Å². The van der Waals surface area contributed by atoms with Crippen LogP contribution in [0.25, 0.3) is 0 Å². The number of anilines is 2. The lowest BCUT2D eigenvalue weighted by atomic mass is 10.1. The molecular weight excluding hydrogens is 346 g/mol. The van der Waals surface area contributed by atoms with Crippen LogP contribution in [0.3, 0.4) is 0 Å². The number of aryl methyl sites for hydroxylation is 1. The van der Waals surface area contributed by atoms with Crippen LogP contribution in [-0.4, -0.2) is 16.8 Å². The lowest BCUT2D eigenvalue weighted by Crippen LogP contribution is -2.15. The molecule has 0 aliphatic carbocycles. The summed E-state index contributed by atoms with van der Waals surface area (Å²) in [6, 6.07) is 16.7. The van der Waals surface area contributed by atoms with Crippen LogP contribution in [0.1, 0.15) is 28.5 Å². The van der Waals surface area contributed by atoms with Gasteiger partial charge in [0, 0.05) is 16.6 Å². The molecule has 1 aromatic heterocycles. The van der Waals surface area contributed by atoms with E-state index in [1.54, 1.807) is 29.6 Å². The van der Waals surface area contributed by atoms with Crippen LogP contribution < -0.4 is 10.6 Å². The Balaban J connectivity index is 1.55. The summed E-state index contributed by atoms with van der Waals surface area (Å²) in [5, 5.41) is 7.87. The summed E-state index contributed by atoms with van der Waals surface area (Å²) in [4.78, 5) is 28.6. The summed E-state index contributed by atoms with van der Waals surface area (Å²) < 4.78 is 0. The molecule has 2 aromatic carbocycles. The molecule has 1 heterocycles. The van der Waals surface area contributed by atoms with Gasteiger partial charge in [-0.3, -0.25) is 14.9 Å². The molecule has 2 N–H and O–H groups in total. The number of hydrogen-bond donors (Lipinski definition) is 2. The number of amides is 2. The molecule has 0 spiro atoms. The van der Waals surface area contributed by atoms with Crippen LogP contribution >= 0.6 is 11.3 Å². The molecular formula is C20H19N3O2S. The molecule has 0 saturated carbocycles. The molecule has 132 valence electrons. The fourth-order valence-electron chi connectivity index (χ4n) is 2.40. The van der Waals surface area contributed by atoms with E-state index in [-0.39, 0.29) is 18.2 Å². The van der Waals surface area contributed by atoms with Crippen LogP contribution in [-0.2, 0) is 17.6 Å². The number of nitrogens with one attached hydrogen (secondary N) is 2. The predicted octanol–water partition coefficient (Wildman–Crippen LogP) is 4.14. The number of carbonyl (C=O) groups is 2. The van der Waals surface area contributed by atoms with E-state index >= 15 is 0 Å². The van der Waals surface area contributed by atoms with Crippen molar-refractivity contribution in [1.82, 2.24) is 4.98 Å². The highest BCUT2D eigenvalue weighted by molar-refractivity contribution is 7.14. The van der Waals surface area contributed by atoms with Gasteiger partial charge in [0.1, 0.15) is 0 Å². The average Bonchev–Trinajstić information content (AvgIpc) is 3.09. The van der Waals surface area contributed by atoms with Crippen LogP contribution in [0.2, 0.25) is 0 Å². The summed E-state index contributed by atoms with van der Waals surface area (Å²) in [5.41, 5.74) is 3.18. The van der Waals surface area contributed by atoms with Gasteiger partial charge in [0.15, 0.2) is 5.13 Å². The smallest absolute Gasteiger partial charge is 0.257 e. The Hall–Kier alpha value is -2.99. The second-order valence-corrected chi connectivity index (χ2v) is 6.60. The Morgan fingerprint density at radius 1 is 1.00 bits per heavy atom. The molecule has 0 unspecified atom stereocenters. The quantitative estimate of drug-likeness (QED) is 0.690. The van der Waals surface area contributed by atoms with Gasteiger partial charge in [-0.05, 0) is 36.2 Å². The van der Waals surface area contributed by atoms with Crippen molar-refractivity contribution in [3.8, 4) is 0 Å². The fraction of sp³-hybridized carbons (Fsp3) is 0.150. The Bertz CT molecular complexity index is 889. The second kappa shape index (κ2) is 8.40. The predicted molar refractivity (Wildman–Crippen MR) is 105 cm³/mol. The first-order valence-electron chi connectivity index (χ1n) is 8.33. The summed E-state index contributed by atoms with van der Waals surface area (Å²) in [5.74, 6) is -0.354. The number of nitrogens with zero attached hydrogens (tertiary/aromatic N) is 1. The van der Waals surface area contributed by atoms with Crippen molar-refractivity contribution in [2.75, 3.05) is 10.6 Å². The lowest BCUT2D eigenvalue weighted by molar-refractivity contribution is -0.115.